The molecule has 0 saturated heterocycles. The van der Waals surface area contributed by atoms with Crippen LogP contribution in [0, 0.1) is 6.92 Å². The van der Waals surface area contributed by atoms with Crippen molar-refractivity contribution in [3.8, 4) is 5.75 Å². The van der Waals surface area contributed by atoms with Crippen LogP contribution >= 0.6 is 11.3 Å². The first-order valence-corrected chi connectivity index (χ1v) is 12.4. The first-order chi connectivity index (χ1) is 16.6. The van der Waals surface area contributed by atoms with Gasteiger partial charge in [-0.2, -0.15) is 0 Å². The number of hydrogen-bond donors (Lipinski definition) is 1. The molecule has 0 atom stereocenters. The van der Waals surface area contributed by atoms with Crippen molar-refractivity contribution in [2.75, 3.05) is 11.9 Å². The van der Waals surface area contributed by atoms with Gasteiger partial charge in [-0.15, -0.1) is 11.3 Å². The third-order valence-corrected chi connectivity index (χ3v) is 6.90. The number of amides is 1. The highest BCUT2D eigenvalue weighted by molar-refractivity contribution is 7.20. The molecule has 0 spiro atoms. The minimum absolute atomic E-state index is 0.137. The van der Waals surface area contributed by atoms with Crippen LogP contribution in [-0.2, 0) is 6.54 Å². The van der Waals surface area contributed by atoms with Gasteiger partial charge in [0.2, 0.25) is 0 Å². The lowest BCUT2D eigenvalue weighted by Crippen LogP contribution is -2.21. The van der Waals surface area contributed by atoms with Crippen LogP contribution < -0.4 is 15.6 Å². The van der Waals surface area contributed by atoms with Crippen molar-refractivity contribution >= 4 is 33.1 Å². The third-order valence-electron chi connectivity index (χ3n) is 5.70. The highest BCUT2D eigenvalue weighted by Gasteiger charge is 2.19. The summed E-state index contributed by atoms with van der Waals surface area (Å²) in [7, 11) is 0. The number of unbranched alkanes of at least 4 members (excludes halogenated alkanes) is 3. The van der Waals surface area contributed by atoms with Crippen molar-refractivity contribution in [2.45, 2.75) is 46.1 Å². The molecule has 0 aliphatic rings. The standard InChI is InChI=1S/C27H29N3O3S/c1-3-4-5-9-16-33-22-14-12-21(13-15-22)29-25(31)24-19(2)23-26(34-24)28-18-30(27(23)32)17-20-10-7-6-8-11-20/h6-8,10-15,18H,3-5,9,16-17H2,1-2H3,(H,29,31). The number of thiophene rings is 1. The van der Waals surface area contributed by atoms with Crippen molar-refractivity contribution in [1.82, 2.24) is 9.55 Å². The Morgan fingerprint density at radius 3 is 2.56 bits per heavy atom. The molecule has 0 fully saturated rings. The largest absolute Gasteiger partial charge is 0.494 e. The molecule has 6 nitrogen and oxygen atoms in total. The normalized spacial score (nSPS) is 11.0. The number of fused-ring (bicyclic) bond motifs is 1. The number of benzene rings is 2. The van der Waals surface area contributed by atoms with Crippen LogP contribution in [0.5, 0.6) is 5.75 Å². The number of ether oxygens (including phenoxy) is 1. The van der Waals surface area contributed by atoms with E-state index in [1.54, 1.807) is 17.8 Å². The summed E-state index contributed by atoms with van der Waals surface area (Å²) in [6.45, 7) is 5.12. The van der Waals surface area contributed by atoms with E-state index < -0.39 is 0 Å². The molecule has 0 unspecified atom stereocenters. The summed E-state index contributed by atoms with van der Waals surface area (Å²) in [6.07, 6.45) is 6.19. The smallest absolute Gasteiger partial charge is 0.266 e. The molecule has 2 aromatic heterocycles. The number of nitrogens with zero attached hydrogens (tertiary/aromatic N) is 2. The van der Waals surface area contributed by atoms with Gasteiger partial charge in [0.15, 0.2) is 0 Å². The summed E-state index contributed by atoms with van der Waals surface area (Å²) in [4.78, 5) is 31.6. The number of carbonyl (C=O) groups excluding carboxylic acids is 1. The fourth-order valence-corrected chi connectivity index (χ4v) is 4.84. The summed E-state index contributed by atoms with van der Waals surface area (Å²) in [6, 6.07) is 17.1. The fourth-order valence-electron chi connectivity index (χ4n) is 3.81. The number of nitrogens with one attached hydrogen (secondary N) is 1. The van der Waals surface area contributed by atoms with Gasteiger partial charge < -0.3 is 10.1 Å². The quantitative estimate of drug-likeness (QED) is 0.284. The van der Waals surface area contributed by atoms with E-state index in [0.29, 0.717) is 39.5 Å². The van der Waals surface area contributed by atoms with Crippen LogP contribution in [0.25, 0.3) is 10.2 Å². The summed E-state index contributed by atoms with van der Waals surface area (Å²) in [5.74, 6) is 0.540. The van der Waals surface area contributed by atoms with Gasteiger partial charge in [0, 0.05) is 5.69 Å². The van der Waals surface area contributed by atoms with Gasteiger partial charge in [0.1, 0.15) is 10.6 Å². The van der Waals surface area contributed by atoms with Crippen molar-refractivity contribution in [1.29, 1.82) is 0 Å². The molecule has 4 rings (SSSR count). The van der Waals surface area contributed by atoms with Crippen molar-refractivity contribution in [2.24, 2.45) is 0 Å². The molecule has 176 valence electrons. The minimum Gasteiger partial charge on any atom is -0.494 e. The molecule has 0 saturated carbocycles. The van der Waals surface area contributed by atoms with E-state index in [0.717, 1.165) is 17.7 Å². The highest BCUT2D eigenvalue weighted by Crippen LogP contribution is 2.28. The number of aryl methyl sites for hydroxylation is 1. The van der Waals surface area contributed by atoms with E-state index in [9.17, 15) is 9.59 Å². The molecular formula is C27H29N3O3S. The zero-order chi connectivity index (χ0) is 23.9. The molecule has 0 aliphatic heterocycles. The van der Waals surface area contributed by atoms with E-state index in [2.05, 4.69) is 17.2 Å². The van der Waals surface area contributed by atoms with Crippen LogP contribution in [-0.4, -0.2) is 22.1 Å². The van der Waals surface area contributed by atoms with Crippen molar-refractivity contribution < 1.29 is 9.53 Å². The molecular weight excluding hydrogens is 446 g/mol. The summed E-state index contributed by atoms with van der Waals surface area (Å²) in [5.41, 5.74) is 2.21. The average molecular weight is 476 g/mol. The van der Waals surface area contributed by atoms with Crippen LogP contribution in [0.2, 0.25) is 0 Å². The summed E-state index contributed by atoms with van der Waals surface area (Å²) in [5, 5.41) is 3.42. The highest BCUT2D eigenvalue weighted by atomic mass is 32.1. The maximum Gasteiger partial charge on any atom is 0.266 e. The Balaban J connectivity index is 1.46. The second kappa shape index (κ2) is 11.1. The molecule has 1 amide bonds. The van der Waals surface area contributed by atoms with Crippen LogP contribution in [0.1, 0.15) is 53.4 Å². The lowest BCUT2D eigenvalue weighted by Gasteiger charge is -2.08. The topological polar surface area (TPSA) is 73.2 Å². The number of rotatable bonds is 10. The second-order valence-electron chi connectivity index (χ2n) is 8.29. The molecule has 2 heterocycles. The molecule has 7 heteroatoms. The first-order valence-electron chi connectivity index (χ1n) is 11.6. The van der Waals surface area contributed by atoms with Crippen LogP contribution in [0.4, 0.5) is 5.69 Å². The van der Waals surface area contributed by atoms with Gasteiger partial charge in [-0.25, -0.2) is 4.98 Å². The Kier molecular flexibility index (Phi) is 7.75. The van der Waals surface area contributed by atoms with Crippen LogP contribution in [0.3, 0.4) is 0 Å². The van der Waals surface area contributed by atoms with E-state index in [1.807, 2.05) is 54.6 Å². The van der Waals surface area contributed by atoms with E-state index in [-0.39, 0.29) is 11.5 Å². The monoisotopic (exact) mass is 475 g/mol. The number of carbonyl (C=O) groups is 1. The maximum atomic E-state index is 13.1. The first kappa shape index (κ1) is 23.7. The second-order valence-corrected chi connectivity index (χ2v) is 9.29. The Morgan fingerprint density at radius 1 is 1.06 bits per heavy atom. The Labute approximate surface area is 203 Å². The van der Waals surface area contributed by atoms with Gasteiger partial charge in [0.05, 0.1) is 29.7 Å². The summed E-state index contributed by atoms with van der Waals surface area (Å²) >= 11 is 1.24. The number of anilines is 1. The molecule has 0 aliphatic carbocycles. The molecule has 4 aromatic rings. The van der Waals surface area contributed by atoms with Gasteiger partial charge in [-0.1, -0.05) is 56.5 Å². The SMILES string of the molecule is CCCCCCOc1ccc(NC(=O)c2sc3ncn(Cc4ccccc4)c(=O)c3c2C)cc1. The van der Waals surface area contributed by atoms with Gasteiger partial charge >= 0.3 is 0 Å². The number of hydrogen-bond acceptors (Lipinski definition) is 5. The minimum atomic E-state index is -0.247. The van der Waals surface area contributed by atoms with Crippen molar-refractivity contribution in [3.63, 3.8) is 0 Å². The van der Waals surface area contributed by atoms with E-state index >= 15 is 0 Å². The van der Waals surface area contributed by atoms with Gasteiger partial charge in [-0.05, 0) is 48.7 Å². The number of aromatic nitrogens is 2. The predicted molar refractivity (Wildman–Crippen MR) is 138 cm³/mol. The zero-order valence-electron chi connectivity index (χ0n) is 19.5. The van der Waals surface area contributed by atoms with E-state index in [4.69, 9.17) is 4.74 Å². The van der Waals surface area contributed by atoms with Crippen LogP contribution in [0.15, 0.2) is 65.7 Å². The fraction of sp³-hybridized carbons (Fsp3) is 0.296. The van der Waals surface area contributed by atoms with Gasteiger partial charge in [-0.3, -0.25) is 14.2 Å². The maximum absolute atomic E-state index is 13.1. The lowest BCUT2D eigenvalue weighted by molar-refractivity contribution is 0.103. The molecule has 2 aromatic carbocycles. The van der Waals surface area contributed by atoms with Crippen molar-refractivity contribution in [3.05, 3.63) is 87.3 Å². The van der Waals surface area contributed by atoms with E-state index in [1.165, 1.54) is 30.6 Å². The third kappa shape index (κ3) is 5.54. The Morgan fingerprint density at radius 2 is 1.82 bits per heavy atom. The molecule has 0 radical (unpaired) electrons. The molecule has 34 heavy (non-hydrogen) atoms. The molecule has 0 bridgehead atoms. The Hall–Kier alpha value is -3.45. The lowest BCUT2D eigenvalue weighted by atomic mass is 10.2. The zero-order valence-corrected chi connectivity index (χ0v) is 20.4. The molecule has 1 N–H and O–H groups in total. The average Bonchev–Trinajstić information content (AvgIpc) is 3.19. The van der Waals surface area contributed by atoms with Gasteiger partial charge in [0.25, 0.3) is 11.5 Å². The summed E-state index contributed by atoms with van der Waals surface area (Å²) < 4.78 is 7.35. The Bertz CT molecular complexity index is 1310. The predicted octanol–water partition coefficient (Wildman–Crippen LogP) is 6.03.